The van der Waals surface area contributed by atoms with Crippen LogP contribution in [-0.4, -0.2) is 32.8 Å². The molecule has 2 unspecified atom stereocenters. The van der Waals surface area contributed by atoms with E-state index < -0.39 is 5.82 Å². The SMILES string of the molecule is COC(=O)C(COc1ccccc1F)C1CCNC1. The number of halogens is 1. The van der Waals surface area contributed by atoms with E-state index in [2.05, 4.69) is 5.32 Å². The van der Waals surface area contributed by atoms with Crippen LogP contribution in [0.25, 0.3) is 0 Å². The van der Waals surface area contributed by atoms with Gasteiger partial charge < -0.3 is 14.8 Å². The number of benzene rings is 1. The van der Waals surface area contributed by atoms with Gasteiger partial charge in [0.25, 0.3) is 0 Å². The summed E-state index contributed by atoms with van der Waals surface area (Å²) in [5, 5.41) is 3.20. The molecule has 1 aromatic rings. The minimum absolute atomic E-state index is 0.139. The summed E-state index contributed by atoms with van der Waals surface area (Å²) in [7, 11) is 1.36. The normalized spacial score (nSPS) is 20.0. The standard InChI is InChI=1S/C14H18FNO3/c1-18-14(17)11(10-6-7-16-8-10)9-19-13-5-3-2-4-12(13)15/h2-5,10-11,16H,6-9H2,1H3. The van der Waals surface area contributed by atoms with E-state index in [4.69, 9.17) is 9.47 Å². The van der Waals surface area contributed by atoms with E-state index in [1.807, 2.05) is 0 Å². The second-order valence-corrected chi connectivity index (χ2v) is 4.62. The average Bonchev–Trinajstić information content (AvgIpc) is 2.94. The van der Waals surface area contributed by atoms with E-state index in [1.54, 1.807) is 18.2 Å². The summed E-state index contributed by atoms with van der Waals surface area (Å²) in [5.41, 5.74) is 0. The third kappa shape index (κ3) is 3.44. The number of carbonyl (C=O) groups excluding carboxylic acids is 1. The Labute approximate surface area is 111 Å². The molecule has 1 N–H and O–H groups in total. The first-order chi connectivity index (χ1) is 9.22. The molecule has 1 aliphatic heterocycles. The van der Waals surface area contributed by atoms with Crippen LogP contribution in [-0.2, 0) is 9.53 Å². The van der Waals surface area contributed by atoms with Crippen LogP contribution in [0.15, 0.2) is 24.3 Å². The Morgan fingerprint density at radius 3 is 2.95 bits per heavy atom. The topological polar surface area (TPSA) is 47.6 Å². The fourth-order valence-electron chi connectivity index (χ4n) is 2.31. The van der Waals surface area contributed by atoms with E-state index in [1.165, 1.54) is 13.2 Å². The Morgan fingerprint density at radius 1 is 1.53 bits per heavy atom. The van der Waals surface area contributed by atoms with Crippen LogP contribution < -0.4 is 10.1 Å². The highest BCUT2D eigenvalue weighted by Gasteiger charge is 2.32. The van der Waals surface area contributed by atoms with Crippen LogP contribution in [0.1, 0.15) is 6.42 Å². The Kier molecular flexibility index (Phi) is 4.74. The number of nitrogens with one attached hydrogen (secondary N) is 1. The lowest BCUT2D eigenvalue weighted by molar-refractivity contribution is -0.148. The number of hydrogen-bond donors (Lipinski definition) is 1. The molecule has 2 atom stereocenters. The summed E-state index contributed by atoms with van der Waals surface area (Å²) in [6, 6.07) is 6.18. The maximum atomic E-state index is 13.4. The van der Waals surface area contributed by atoms with Crippen molar-refractivity contribution in [3.8, 4) is 5.75 Å². The van der Waals surface area contributed by atoms with Gasteiger partial charge in [-0.1, -0.05) is 12.1 Å². The maximum absolute atomic E-state index is 13.4. The average molecular weight is 267 g/mol. The van der Waals surface area contributed by atoms with Crippen molar-refractivity contribution < 1.29 is 18.7 Å². The van der Waals surface area contributed by atoms with E-state index in [0.29, 0.717) is 0 Å². The van der Waals surface area contributed by atoms with Gasteiger partial charge in [0, 0.05) is 0 Å². The second kappa shape index (κ2) is 6.52. The lowest BCUT2D eigenvalue weighted by Crippen LogP contribution is -2.32. The molecule has 0 aliphatic carbocycles. The third-order valence-corrected chi connectivity index (χ3v) is 3.43. The van der Waals surface area contributed by atoms with Crippen LogP contribution in [0.3, 0.4) is 0 Å². The van der Waals surface area contributed by atoms with Crippen molar-refractivity contribution in [2.75, 3.05) is 26.8 Å². The number of ether oxygens (including phenoxy) is 2. The molecule has 104 valence electrons. The van der Waals surface area contributed by atoms with Gasteiger partial charge in [-0.05, 0) is 37.6 Å². The molecule has 1 aliphatic rings. The molecule has 0 spiro atoms. The molecule has 0 bridgehead atoms. The summed E-state index contributed by atoms with van der Waals surface area (Å²) < 4.78 is 23.7. The molecule has 4 nitrogen and oxygen atoms in total. The van der Waals surface area contributed by atoms with Crippen molar-refractivity contribution in [1.82, 2.24) is 5.32 Å². The molecule has 2 rings (SSSR count). The zero-order valence-corrected chi connectivity index (χ0v) is 10.9. The predicted molar refractivity (Wildman–Crippen MR) is 68.4 cm³/mol. The zero-order valence-electron chi connectivity index (χ0n) is 10.9. The van der Waals surface area contributed by atoms with Crippen LogP contribution in [0.5, 0.6) is 5.75 Å². The van der Waals surface area contributed by atoms with E-state index >= 15 is 0 Å². The van der Waals surface area contributed by atoms with Crippen molar-refractivity contribution in [3.63, 3.8) is 0 Å². The molecule has 1 aromatic carbocycles. The van der Waals surface area contributed by atoms with Crippen molar-refractivity contribution in [3.05, 3.63) is 30.1 Å². The number of esters is 1. The highest BCUT2D eigenvalue weighted by Crippen LogP contribution is 2.23. The molecule has 1 heterocycles. The Hall–Kier alpha value is -1.62. The van der Waals surface area contributed by atoms with Gasteiger partial charge >= 0.3 is 5.97 Å². The number of carbonyl (C=O) groups is 1. The van der Waals surface area contributed by atoms with E-state index in [-0.39, 0.29) is 30.2 Å². The second-order valence-electron chi connectivity index (χ2n) is 4.62. The lowest BCUT2D eigenvalue weighted by atomic mass is 9.92. The number of rotatable bonds is 5. The first-order valence-electron chi connectivity index (χ1n) is 6.38. The van der Waals surface area contributed by atoms with Gasteiger partial charge in [0.05, 0.1) is 13.0 Å². The van der Waals surface area contributed by atoms with Gasteiger partial charge in [-0.2, -0.15) is 0 Å². The molecule has 0 amide bonds. The molecular weight excluding hydrogens is 249 g/mol. The van der Waals surface area contributed by atoms with Crippen molar-refractivity contribution in [2.24, 2.45) is 11.8 Å². The van der Waals surface area contributed by atoms with Crippen molar-refractivity contribution in [2.45, 2.75) is 6.42 Å². The third-order valence-electron chi connectivity index (χ3n) is 3.43. The molecular formula is C14H18FNO3. The largest absolute Gasteiger partial charge is 0.490 e. The summed E-state index contributed by atoms with van der Waals surface area (Å²) in [4.78, 5) is 11.8. The monoisotopic (exact) mass is 267 g/mol. The summed E-state index contributed by atoms with van der Waals surface area (Å²) in [6.45, 7) is 1.79. The van der Waals surface area contributed by atoms with Gasteiger partial charge in [-0.15, -0.1) is 0 Å². The first-order valence-corrected chi connectivity index (χ1v) is 6.38. The molecule has 1 saturated heterocycles. The number of hydrogen-bond acceptors (Lipinski definition) is 4. The Morgan fingerprint density at radius 2 is 2.32 bits per heavy atom. The van der Waals surface area contributed by atoms with Gasteiger partial charge in [0.15, 0.2) is 11.6 Å². The van der Waals surface area contributed by atoms with Crippen molar-refractivity contribution in [1.29, 1.82) is 0 Å². The predicted octanol–water partition coefficient (Wildman–Crippen LogP) is 1.60. The molecule has 5 heteroatoms. The van der Waals surface area contributed by atoms with Crippen LogP contribution in [0.4, 0.5) is 4.39 Å². The van der Waals surface area contributed by atoms with Gasteiger partial charge in [-0.25, -0.2) is 4.39 Å². The van der Waals surface area contributed by atoms with E-state index in [0.717, 1.165) is 19.5 Å². The first kappa shape index (κ1) is 13.8. The van der Waals surface area contributed by atoms with Crippen LogP contribution in [0, 0.1) is 17.7 Å². The molecule has 19 heavy (non-hydrogen) atoms. The smallest absolute Gasteiger partial charge is 0.312 e. The lowest BCUT2D eigenvalue weighted by Gasteiger charge is -2.20. The van der Waals surface area contributed by atoms with Crippen molar-refractivity contribution >= 4 is 5.97 Å². The minimum Gasteiger partial charge on any atom is -0.490 e. The summed E-state index contributed by atoms with van der Waals surface area (Å²) >= 11 is 0. The molecule has 0 radical (unpaired) electrons. The Bertz CT molecular complexity index is 432. The van der Waals surface area contributed by atoms with E-state index in [9.17, 15) is 9.18 Å². The molecule has 0 saturated carbocycles. The molecule has 0 aromatic heterocycles. The molecule has 1 fully saturated rings. The summed E-state index contributed by atoms with van der Waals surface area (Å²) in [5.74, 6) is -0.734. The quantitative estimate of drug-likeness (QED) is 0.823. The Balaban J connectivity index is 2.00. The zero-order chi connectivity index (χ0) is 13.7. The highest BCUT2D eigenvalue weighted by atomic mass is 19.1. The maximum Gasteiger partial charge on any atom is 0.312 e. The van der Waals surface area contributed by atoms with Gasteiger partial charge in [-0.3, -0.25) is 4.79 Å². The van der Waals surface area contributed by atoms with Crippen LogP contribution in [0.2, 0.25) is 0 Å². The number of para-hydroxylation sites is 1. The fourth-order valence-corrected chi connectivity index (χ4v) is 2.31. The minimum atomic E-state index is -0.421. The van der Waals surface area contributed by atoms with Gasteiger partial charge in [0.2, 0.25) is 0 Å². The fraction of sp³-hybridized carbons (Fsp3) is 0.500. The summed E-state index contributed by atoms with van der Waals surface area (Å²) in [6.07, 6.45) is 0.903. The highest BCUT2D eigenvalue weighted by molar-refractivity contribution is 5.73. The number of methoxy groups -OCH3 is 1. The van der Waals surface area contributed by atoms with Crippen LogP contribution >= 0.6 is 0 Å². The van der Waals surface area contributed by atoms with Gasteiger partial charge in [0.1, 0.15) is 6.61 Å².